The number of aryl methyl sites for hydroxylation is 4. The van der Waals surface area contributed by atoms with E-state index in [4.69, 9.17) is 18.5 Å². The maximum atomic E-state index is 11.9. The van der Waals surface area contributed by atoms with Gasteiger partial charge in [0.1, 0.15) is 10.2 Å². The molecular formula is C24H21BrN2O6. The summed E-state index contributed by atoms with van der Waals surface area (Å²) in [6.45, 7) is 7.16. The van der Waals surface area contributed by atoms with Gasteiger partial charge in [-0.2, -0.15) is 0 Å². The molecule has 8 nitrogen and oxygen atoms in total. The number of carbonyl (C=O) groups excluding carboxylic acids is 2. The third kappa shape index (κ3) is 6.17. The van der Waals surface area contributed by atoms with Gasteiger partial charge in [0.2, 0.25) is 0 Å². The maximum absolute atomic E-state index is 11.9. The zero-order chi connectivity index (χ0) is 24.0. The van der Waals surface area contributed by atoms with E-state index in [1.54, 1.807) is 44.2 Å². The molecule has 0 aliphatic rings. The van der Waals surface area contributed by atoms with E-state index in [-0.39, 0.29) is 11.8 Å². The SMILES string of the molecule is Cc1cc(OC(=O)c2ccccc2C)no1.Cc1ccccc1C(=O)Oc1noc(C)c1Br. The molecule has 2 aromatic heterocycles. The second-order valence-electron chi connectivity index (χ2n) is 7.04. The Morgan fingerprint density at radius 1 is 0.788 bits per heavy atom. The molecule has 0 saturated heterocycles. The van der Waals surface area contributed by atoms with Crippen LogP contribution < -0.4 is 9.47 Å². The summed E-state index contributed by atoms with van der Waals surface area (Å²) in [4.78, 5) is 23.6. The Hall–Kier alpha value is -3.72. The second-order valence-corrected chi connectivity index (χ2v) is 7.84. The van der Waals surface area contributed by atoms with Gasteiger partial charge in [0.05, 0.1) is 11.1 Å². The minimum Gasteiger partial charge on any atom is -0.400 e. The summed E-state index contributed by atoms with van der Waals surface area (Å²) >= 11 is 3.24. The molecule has 9 heteroatoms. The fraction of sp³-hybridized carbons (Fsp3) is 0.167. The molecule has 33 heavy (non-hydrogen) atoms. The van der Waals surface area contributed by atoms with Crippen molar-refractivity contribution in [3.63, 3.8) is 0 Å². The molecule has 0 fully saturated rings. The van der Waals surface area contributed by atoms with E-state index in [0.717, 1.165) is 11.1 Å². The fourth-order valence-electron chi connectivity index (χ4n) is 2.69. The third-order valence-corrected chi connectivity index (χ3v) is 5.38. The van der Waals surface area contributed by atoms with E-state index in [0.29, 0.717) is 27.1 Å². The van der Waals surface area contributed by atoms with Gasteiger partial charge in [0.25, 0.3) is 11.8 Å². The summed E-state index contributed by atoms with van der Waals surface area (Å²) in [6, 6.07) is 16.0. The first kappa shape index (κ1) is 23.9. The third-order valence-electron chi connectivity index (χ3n) is 4.49. The van der Waals surface area contributed by atoms with Crippen molar-refractivity contribution in [2.75, 3.05) is 0 Å². The number of nitrogens with zero attached hydrogens (tertiary/aromatic N) is 2. The normalized spacial score (nSPS) is 10.2. The Labute approximate surface area is 198 Å². The van der Waals surface area contributed by atoms with Gasteiger partial charge in [-0.25, -0.2) is 9.59 Å². The molecule has 0 aliphatic heterocycles. The molecule has 170 valence electrons. The van der Waals surface area contributed by atoms with Gasteiger partial charge in [-0.05, 0) is 77.2 Å². The molecule has 0 amide bonds. The van der Waals surface area contributed by atoms with Gasteiger partial charge in [-0.15, -0.1) is 0 Å². The van der Waals surface area contributed by atoms with Gasteiger partial charge in [0, 0.05) is 6.07 Å². The quantitative estimate of drug-likeness (QED) is 0.316. The molecule has 0 saturated carbocycles. The van der Waals surface area contributed by atoms with Crippen molar-refractivity contribution in [3.8, 4) is 11.8 Å². The number of benzene rings is 2. The van der Waals surface area contributed by atoms with E-state index in [1.807, 2.05) is 38.1 Å². The van der Waals surface area contributed by atoms with Crippen LogP contribution in [0.25, 0.3) is 0 Å². The number of hydrogen-bond donors (Lipinski definition) is 0. The van der Waals surface area contributed by atoms with Crippen LogP contribution in [0.2, 0.25) is 0 Å². The van der Waals surface area contributed by atoms with Gasteiger partial charge in [0.15, 0.2) is 5.76 Å². The highest BCUT2D eigenvalue weighted by Crippen LogP contribution is 2.27. The number of aromatic nitrogens is 2. The molecule has 0 bridgehead atoms. The molecule has 0 aliphatic carbocycles. The Bertz CT molecular complexity index is 1280. The summed E-state index contributed by atoms with van der Waals surface area (Å²) in [5.74, 6) is 0.634. The van der Waals surface area contributed by atoms with Crippen LogP contribution in [0.3, 0.4) is 0 Å². The first-order valence-electron chi connectivity index (χ1n) is 9.87. The van der Waals surface area contributed by atoms with E-state index in [1.165, 1.54) is 0 Å². The van der Waals surface area contributed by atoms with Crippen LogP contribution in [0.15, 0.2) is 68.1 Å². The first-order valence-corrected chi connectivity index (χ1v) is 10.7. The standard InChI is InChI=1S/C12H10BrNO3.C12H11NO3/c1-7-5-3-4-6-9(7)12(15)16-11-10(13)8(2)17-14-11;1-8-5-3-4-6-10(8)12(14)15-11-7-9(2)16-13-11/h3-6H,1-2H3;3-7H,1-2H3. The van der Waals surface area contributed by atoms with Crippen LogP contribution in [0, 0.1) is 27.7 Å². The van der Waals surface area contributed by atoms with Crippen LogP contribution in [0.5, 0.6) is 11.8 Å². The lowest BCUT2D eigenvalue weighted by Gasteiger charge is -2.03. The topological polar surface area (TPSA) is 105 Å². The molecular weight excluding hydrogens is 492 g/mol. The zero-order valence-corrected chi connectivity index (χ0v) is 20.0. The molecule has 4 aromatic rings. The number of rotatable bonds is 4. The van der Waals surface area contributed by atoms with Gasteiger partial charge in [-0.1, -0.05) is 36.4 Å². The summed E-state index contributed by atoms with van der Waals surface area (Å²) in [5, 5.41) is 7.24. The van der Waals surface area contributed by atoms with Crippen molar-refractivity contribution in [2.45, 2.75) is 27.7 Å². The Morgan fingerprint density at radius 2 is 1.33 bits per heavy atom. The summed E-state index contributed by atoms with van der Waals surface area (Å²) < 4.78 is 20.4. The predicted octanol–water partition coefficient (Wildman–Crippen LogP) is 5.78. The van der Waals surface area contributed by atoms with Crippen molar-refractivity contribution in [2.24, 2.45) is 0 Å². The molecule has 0 N–H and O–H groups in total. The number of halogens is 1. The summed E-state index contributed by atoms with van der Waals surface area (Å²) in [6.07, 6.45) is 0. The Morgan fingerprint density at radius 3 is 1.79 bits per heavy atom. The van der Waals surface area contributed by atoms with E-state index in [9.17, 15) is 9.59 Å². The largest absolute Gasteiger partial charge is 0.400 e. The average molecular weight is 513 g/mol. The summed E-state index contributed by atoms with van der Waals surface area (Å²) in [5.41, 5.74) is 2.77. The van der Waals surface area contributed by atoms with Crippen LogP contribution in [-0.4, -0.2) is 22.3 Å². The van der Waals surface area contributed by atoms with Crippen LogP contribution in [-0.2, 0) is 0 Å². The lowest BCUT2D eigenvalue weighted by atomic mass is 10.1. The van der Waals surface area contributed by atoms with Crippen molar-refractivity contribution in [3.05, 3.63) is 92.8 Å². The van der Waals surface area contributed by atoms with E-state index >= 15 is 0 Å². The minimum atomic E-state index is -0.447. The first-order chi connectivity index (χ1) is 15.8. The summed E-state index contributed by atoms with van der Waals surface area (Å²) in [7, 11) is 0. The molecule has 4 rings (SSSR count). The van der Waals surface area contributed by atoms with Crippen LogP contribution >= 0.6 is 15.9 Å². The van der Waals surface area contributed by atoms with Gasteiger partial charge < -0.3 is 18.5 Å². The highest BCUT2D eigenvalue weighted by molar-refractivity contribution is 9.10. The molecule has 2 aromatic carbocycles. The number of esters is 2. The van der Waals surface area contributed by atoms with Crippen LogP contribution in [0.1, 0.15) is 43.4 Å². The fourth-order valence-corrected chi connectivity index (χ4v) is 2.92. The molecule has 0 radical (unpaired) electrons. The number of ether oxygens (including phenoxy) is 2. The van der Waals surface area contributed by atoms with E-state index < -0.39 is 11.9 Å². The molecule has 0 atom stereocenters. The average Bonchev–Trinajstić information content (AvgIpc) is 3.34. The number of hydrogen-bond acceptors (Lipinski definition) is 8. The van der Waals surface area contributed by atoms with Crippen molar-refractivity contribution >= 4 is 27.9 Å². The lowest BCUT2D eigenvalue weighted by molar-refractivity contribution is 0.0710. The minimum absolute atomic E-state index is 0.149. The van der Waals surface area contributed by atoms with Gasteiger partial charge >= 0.3 is 11.9 Å². The highest BCUT2D eigenvalue weighted by atomic mass is 79.9. The monoisotopic (exact) mass is 512 g/mol. The molecule has 0 unspecified atom stereocenters. The zero-order valence-electron chi connectivity index (χ0n) is 18.4. The van der Waals surface area contributed by atoms with E-state index in [2.05, 4.69) is 26.2 Å². The molecule has 0 spiro atoms. The van der Waals surface area contributed by atoms with Crippen LogP contribution in [0.4, 0.5) is 0 Å². The second kappa shape index (κ2) is 10.7. The lowest BCUT2D eigenvalue weighted by Crippen LogP contribution is -2.10. The Balaban J connectivity index is 0.000000186. The maximum Gasteiger partial charge on any atom is 0.345 e. The van der Waals surface area contributed by atoms with Crippen molar-refractivity contribution in [1.29, 1.82) is 0 Å². The van der Waals surface area contributed by atoms with Crippen molar-refractivity contribution in [1.82, 2.24) is 10.3 Å². The Kier molecular flexibility index (Phi) is 7.78. The molecule has 2 heterocycles. The van der Waals surface area contributed by atoms with Crippen molar-refractivity contribution < 1.29 is 28.1 Å². The van der Waals surface area contributed by atoms with Gasteiger partial charge in [-0.3, -0.25) is 0 Å². The highest BCUT2D eigenvalue weighted by Gasteiger charge is 2.17. The smallest absolute Gasteiger partial charge is 0.345 e. The predicted molar refractivity (Wildman–Crippen MR) is 122 cm³/mol. The number of carbonyl (C=O) groups is 2.